The smallest absolute Gasteiger partial charge is 0.241 e. The number of hydrogen-bond donors (Lipinski definition) is 2. The Balaban J connectivity index is 2.23. The normalized spacial score (nSPS) is 18.0. The number of rotatable bonds is 6. The average Bonchev–Trinajstić information content (AvgIpc) is 2.94. The van der Waals surface area contributed by atoms with Gasteiger partial charge in [0.2, 0.25) is 10.0 Å². The molecule has 0 amide bonds. The van der Waals surface area contributed by atoms with Crippen LogP contribution < -0.4 is 10.0 Å². The topological polar surface area (TPSA) is 58.2 Å². The van der Waals surface area contributed by atoms with Crippen molar-refractivity contribution in [3.8, 4) is 0 Å². The van der Waals surface area contributed by atoms with Crippen LogP contribution in [0.3, 0.4) is 0 Å². The quantitative estimate of drug-likeness (QED) is 0.848. The van der Waals surface area contributed by atoms with Gasteiger partial charge in [0.05, 0.1) is 4.90 Å². The summed E-state index contributed by atoms with van der Waals surface area (Å²) in [5.41, 5.74) is 0.574. The number of benzene rings is 1. The summed E-state index contributed by atoms with van der Waals surface area (Å²) in [6.45, 7) is 2.28. The fraction of sp³-hybridized carbons (Fsp3) is 0.600. The second-order valence-corrected chi connectivity index (χ2v) is 7.42. The highest BCUT2D eigenvalue weighted by molar-refractivity contribution is 7.89. The van der Waals surface area contributed by atoms with Gasteiger partial charge in [-0.15, -0.1) is 0 Å². The minimum absolute atomic E-state index is 0.0293. The molecule has 0 aliphatic heterocycles. The summed E-state index contributed by atoms with van der Waals surface area (Å²) >= 11 is 0. The predicted molar refractivity (Wildman–Crippen MR) is 80.9 cm³/mol. The van der Waals surface area contributed by atoms with Crippen LogP contribution in [0.4, 0.5) is 4.39 Å². The van der Waals surface area contributed by atoms with Gasteiger partial charge in [0.15, 0.2) is 0 Å². The van der Waals surface area contributed by atoms with Crippen LogP contribution in [0.5, 0.6) is 0 Å². The number of nitrogens with one attached hydrogen (secondary N) is 2. The first-order valence-corrected chi connectivity index (χ1v) is 8.87. The summed E-state index contributed by atoms with van der Waals surface area (Å²) in [7, 11) is -1.97. The molecule has 2 N–H and O–H groups in total. The molecule has 4 nitrogen and oxygen atoms in total. The lowest BCUT2D eigenvalue weighted by Gasteiger charge is -2.21. The highest BCUT2D eigenvalue weighted by Gasteiger charge is 2.27. The fourth-order valence-corrected chi connectivity index (χ4v) is 4.54. The molecule has 2 rings (SSSR count). The van der Waals surface area contributed by atoms with Crippen LogP contribution in [0, 0.1) is 11.7 Å². The molecule has 1 unspecified atom stereocenters. The van der Waals surface area contributed by atoms with Gasteiger partial charge < -0.3 is 5.32 Å². The van der Waals surface area contributed by atoms with Crippen molar-refractivity contribution >= 4 is 10.0 Å². The highest BCUT2D eigenvalue weighted by Crippen LogP contribution is 2.28. The lowest BCUT2D eigenvalue weighted by Crippen LogP contribution is -2.37. The van der Waals surface area contributed by atoms with Gasteiger partial charge in [-0.2, -0.15) is 0 Å². The third-order valence-corrected chi connectivity index (χ3v) is 5.78. The zero-order valence-corrected chi connectivity index (χ0v) is 13.3. The van der Waals surface area contributed by atoms with Crippen LogP contribution in [0.2, 0.25) is 0 Å². The van der Waals surface area contributed by atoms with Crippen LogP contribution in [0.15, 0.2) is 23.1 Å². The van der Waals surface area contributed by atoms with Gasteiger partial charge in [-0.3, -0.25) is 0 Å². The SMILES string of the molecule is CNCc1ccc(F)cc1S(=O)(=O)NC(C)C1CCCC1. The maximum atomic E-state index is 13.4. The zero-order valence-electron chi connectivity index (χ0n) is 12.5. The lowest BCUT2D eigenvalue weighted by atomic mass is 10.0. The van der Waals surface area contributed by atoms with Crippen molar-refractivity contribution < 1.29 is 12.8 Å². The van der Waals surface area contributed by atoms with Crippen molar-refractivity contribution in [1.29, 1.82) is 0 Å². The standard InChI is InChI=1S/C15H23FN2O2S/c1-11(12-5-3-4-6-12)18-21(19,20)15-9-14(16)8-7-13(15)10-17-2/h7-9,11-12,17-18H,3-6,10H2,1-2H3. The van der Waals surface area contributed by atoms with E-state index >= 15 is 0 Å². The Kier molecular flexibility index (Phi) is 5.35. The van der Waals surface area contributed by atoms with E-state index in [1.54, 1.807) is 7.05 Å². The van der Waals surface area contributed by atoms with E-state index in [0.717, 1.165) is 31.7 Å². The van der Waals surface area contributed by atoms with Gasteiger partial charge in [0, 0.05) is 12.6 Å². The molecule has 1 aliphatic carbocycles. The van der Waals surface area contributed by atoms with Crippen molar-refractivity contribution in [3.05, 3.63) is 29.6 Å². The van der Waals surface area contributed by atoms with E-state index in [9.17, 15) is 12.8 Å². The van der Waals surface area contributed by atoms with Gasteiger partial charge in [-0.25, -0.2) is 17.5 Å². The summed E-state index contributed by atoms with van der Waals surface area (Å²) < 4.78 is 41.2. The summed E-state index contributed by atoms with van der Waals surface area (Å²) in [6.07, 6.45) is 4.41. The molecule has 1 fully saturated rings. The van der Waals surface area contributed by atoms with Crippen molar-refractivity contribution in [2.75, 3.05) is 7.05 Å². The second-order valence-electron chi connectivity index (χ2n) is 5.74. The highest BCUT2D eigenvalue weighted by atomic mass is 32.2. The molecule has 1 saturated carbocycles. The molecule has 6 heteroatoms. The number of hydrogen-bond acceptors (Lipinski definition) is 3. The predicted octanol–water partition coefficient (Wildman–Crippen LogP) is 2.40. The molecular formula is C15H23FN2O2S. The monoisotopic (exact) mass is 314 g/mol. The third kappa shape index (κ3) is 4.02. The Labute approximate surface area is 126 Å². The van der Waals surface area contributed by atoms with Crippen molar-refractivity contribution in [3.63, 3.8) is 0 Å². The lowest BCUT2D eigenvalue weighted by molar-refractivity contribution is 0.423. The minimum atomic E-state index is -3.70. The average molecular weight is 314 g/mol. The molecule has 118 valence electrons. The zero-order chi connectivity index (χ0) is 15.5. The first-order chi connectivity index (χ1) is 9.94. The largest absolute Gasteiger partial charge is 0.316 e. The van der Waals surface area contributed by atoms with E-state index in [0.29, 0.717) is 18.0 Å². The van der Waals surface area contributed by atoms with E-state index in [-0.39, 0.29) is 10.9 Å². The molecule has 1 aromatic carbocycles. The van der Waals surface area contributed by atoms with E-state index < -0.39 is 15.8 Å². The van der Waals surface area contributed by atoms with E-state index in [2.05, 4.69) is 10.0 Å². The Morgan fingerprint density at radius 1 is 1.33 bits per heavy atom. The third-order valence-electron chi connectivity index (χ3n) is 4.13. The molecule has 1 atom stereocenters. The van der Waals surface area contributed by atoms with Gasteiger partial charge in [-0.1, -0.05) is 18.9 Å². The van der Waals surface area contributed by atoms with Crippen LogP contribution in [0.25, 0.3) is 0 Å². The van der Waals surface area contributed by atoms with Gasteiger partial charge in [0.25, 0.3) is 0 Å². The number of sulfonamides is 1. The Morgan fingerprint density at radius 2 is 2.00 bits per heavy atom. The van der Waals surface area contributed by atoms with Gasteiger partial charge >= 0.3 is 0 Å². The molecule has 0 bridgehead atoms. The summed E-state index contributed by atoms with van der Waals surface area (Å²) in [5, 5.41) is 2.91. The number of halogens is 1. The Hall–Kier alpha value is -0.980. The summed E-state index contributed by atoms with van der Waals surface area (Å²) in [5.74, 6) is -0.162. The minimum Gasteiger partial charge on any atom is -0.316 e. The van der Waals surface area contributed by atoms with E-state index in [1.165, 1.54) is 12.1 Å². The summed E-state index contributed by atoms with van der Waals surface area (Å²) in [4.78, 5) is 0.0293. The molecule has 0 radical (unpaired) electrons. The van der Waals surface area contributed by atoms with Crippen LogP contribution in [0.1, 0.15) is 38.2 Å². The van der Waals surface area contributed by atoms with Crippen LogP contribution in [-0.4, -0.2) is 21.5 Å². The first-order valence-electron chi connectivity index (χ1n) is 7.39. The van der Waals surface area contributed by atoms with Crippen molar-refractivity contribution in [1.82, 2.24) is 10.0 Å². The fourth-order valence-electron chi connectivity index (χ4n) is 2.98. The van der Waals surface area contributed by atoms with Crippen LogP contribution in [-0.2, 0) is 16.6 Å². The van der Waals surface area contributed by atoms with Crippen molar-refractivity contribution in [2.45, 2.75) is 50.1 Å². The van der Waals surface area contributed by atoms with E-state index in [4.69, 9.17) is 0 Å². The van der Waals surface area contributed by atoms with Gasteiger partial charge in [-0.05, 0) is 50.4 Å². The Morgan fingerprint density at radius 3 is 2.62 bits per heavy atom. The molecular weight excluding hydrogens is 291 g/mol. The Bertz CT molecular complexity index is 583. The first kappa shape index (κ1) is 16.4. The van der Waals surface area contributed by atoms with E-state index in [1.807, 2.05) is 6.92 Å². The maximum absolute atomic E-state index is 13.4. The van der Waals surface area contributed by atoms with Crippen LogP contribution >= 0.6 is 0 Å². The molecule has 0 aromatic heterocycles. The molecule has 1 aliphatic rings. The molecule has 0 heterocycles. The molecule has 21 heavy (non-hydrogen) atoms. The summed E-state index contributed by atoms with van der Waals surface area (Å²) in [6, 6.07) is 3.77. The molecule has 0 spiro atoms. The molecule has 0 saturated heterocycles. The van der Waals surface area contributed by atoms with Crippen molar-refractivity contribution in [2.24, 2.45) is 5.92 Å². The second kappa shape index (κ2) is 6.85. The van der Waals surface area contributed by atoms with Gasteiger partial charge in [0.1, 0.15) is 5.82 Å². The maximum Gasteiger partial charge on any atom is 0.241 e. The molecule has 1 aromatic rings.